The Hall–Kier alpha value is -3.50. The van der Waals surface area contributed by atoms with E-state index in [1.54, 1.807) is 24.4 Å². The highest BCUT2D eigenvalue weighted by Gasteiger charge is 2.45. The third kappa shape index (κ3) is 3.81. The van der Waals surface area contributed by atoms with Crippen molar-refractivity contribution in [2.75, 3.05) is 13.1 Å². The molecule has 0 saturated carbocycles. The molecular weight excluding hydrogens is 426 g/mol. The first-order valence-electron chi connectivity index (χ1n) is 10.9. The number of nitrogens with zero attached hydrogens (tertiary/aromatic N) is 4. The van der Waals surface area contributed by atoms with Gasteiger partial charge in [-0.2, -0.15) is 10.2 Å². The Balaban J connectivity index is 1.32. The number of rotatable bonds is 4. The van der Waals surface area contributed by atoms with E-state index in [0.29, 0.717) is 38.0 Å². The van der Waals surface area contributed by atoms with Gasteiger partial charge in [0.1, 0.15) is 6.04 Å². The predicted octanol–water partition coefficient (Wildman–Crippen LogP) is 0.361. The highest BCUT2D eigenvalue weighted by molar-refractivity contribution is 6.23. The second-order valence-electron chi connectivity index (χ2n) is 8.73. The molecule has 2 fully saturated rings. The molecule has 2 saturated heterocycles. The lowest BCUT2D eigenvalue weighted by Gasteiger charge is -2.38. The maximum Gasteiger partial charge on any atom is 0.262 e. The molecule has 0 spiro atoms. The average Bonchev–Trinajstić information content (AvgIpc) is 3.06. The molecule has 33 heavy (non-hydrogen) atoms. The van der Waals surface area contributed by atoms with Crippen molar-refractivity contribution in [1.82, 2.24) is 25.3 Å². The van der Waals surface area contributed by atoms with Crippen molar-refractivity contribution in [2.45, 2.75) is 43.9 Å². The fraction of sp³-hybridized carbons (Fsp3) is 0.391. The number of imide groups is 2. The first-order chi connectivity index (χ1) is 15.9. The van der Waals surface area contributed by atoms with Crippen LogP contribution in [0.3, 0.4) is 0 Å². The van der Waals surface area contributed by atoms with Crippen LogP contribution in [0.1, 0.15) is 57.7 Å². The van der Waals surface area contributed by atoms with Gasteiger partial charge in [0, 0.05) is 32.3 Å². The molecule has 0 aliphatic carbocycles. The van der Waals surface area contributed by atoms with E-state index < -0.39 is 35.3 Å². The summed E-state index contributed by atoms with van der Waals surface area (Å²) < 4.78 is 0. The fourth-order valence-corrected chi connectivity index (χ4v) is 4.78. The van der Waals surface area contributed by atoms with Crippen LogP contribution in [0, 0.1) is 0 Å². The second-order valence-corrected chi connectivity index (χ2v) is 8.73. The van der Waals surface area contributed by atoms with Gasteiger partial charge in [0.2, 0.25) is 11.8 Å². The molecule has 10 nitrogen and oxygen atoms in total. The van der Waals surface area contributed by atoms with E-state index in [4.69, 9.17) is 0 Å². The third-order valence-electron chi connectivity index (χ3n) is 6.67. The summed E-state index contributed by atoms with van der Waals surface area (Å²) in [7, 11) is 0. The van der Waals surface area contributed by atoms with Gasteiger partial charge < -0.3 is 5.11 Å². The highest BCUT2D eigenvalue weighted by Crippen LogP contribution is 2.36. The van der Waals surface area contributed by atoms with E-state index in [1.165, 1.54) is 0 Å². The largest absolute Gasteiger partial charge is 0.385 e. The zero-order chi connectivity index (χ0) is 23.2. The quantitative estimate of drug-likeness (QED) is 0.640. The van der Waals surface area contributed by atoms with Crippen LogP contribution in [0.15, 0.2) is 36.5 Å². The molecule has 170 valence electrons. The zero-order valence-electron chi connectivity index (χ0n) is 17.9. The Morgan fingerprint density at radius 3 is 2.52 bits per heavy atom. The van der Waals surface area contributed by atoms with E-state index in [9.17, 15) is 24.3 Å². The van der Waals surface area contributed by atoms with Crippen LogP contribution in [0.5, 0.6) is 0 Å². The van der Waals surface area contributed by atoms with Crippen molar-refractivity contribution < 1.29 is 24.3 Å². The van der Waals surface area contributed by atoms with E-state index in [2.05, 4.69) is 20.4 Å². The van der Waals surface area contributed by atoms with Gasteiger partial charge in [-0.05, 0) is 49.1 Å². The molecule has 3 aliphatic rings. The molecule has 4 amide bonds. The number of nitrogens with one attached hydrogen (secondary N) is 1. The van der Waals surface area contributed by atoms with Gasteiger partial charge in [-0.25, -0.2) is 0 Å². The summed E-state index contributed by atoms with van der Waals surface area (Å²) in [6, 6.07) is 7.52. The minimum atomic E-state index is -1.13. The van der Waals surface area contributed by atoms with Gasteiger partial charge in [-0.15, -0.1) is 0 Å². The maximum absolute atomic E-state index is 13.1. The number of fused-ring (bicyclic) bond motifs is 1. The van der Waals surface area contributed by atoms with Crippen LogP contribution in [0.4, 0.5) is 0 Å². The maximum atomic E-state index is 13.1. The number of hydrogen-bond donors (Lipinski definition) is 2. The van der Waals surface area contributed by atoms with Crippen molar-refractivity contribution in [1.29, 1.82) is 0 Å². The van der Waals surface area contributed by atoms with Crippen molar-refractivity contribution in [3.05, 3.63) is 58.9 Å². The van der Waals surface area contributed by atoms with Crippen molar-refractivity contribution >= 4 is 23.6 Å². The van der Waals surface area contributed by atoms with E-state index >= 15 is 0 Å². The molecule has 1 aromatic carbocycles. The molecule has 1 unspecified atom stereocenters. The molecule has 1 atom stereocenters. The summed E-state index contributed by atoms with van der Waals surface area (Å²) in [6.07, 6.45) is 2.73. The first-order valence-corrected chi connectivity index (χ1v) is 10.9. The summed E-state index contributed by atoms with van der Waals surface area (Å²) in [4.78, 5) is 52.7. The van der Waals surface area contributed by atoms with Crippen LogP contribution < -0.4 is 5.32 Å². The molecule has 4 heterocycles. The Labute approximate surface area is 189 Å². The molecule has 10 heteroatoms. The van der Waals surface area contributed by atoms with Gasteiger partial charge in [0.15, 0.2) is 0 Å². The average molecular weight is 449 g/mol. The number of carbonyl (C=O) groups excluding carboxylic acids is 4. The fourth-order valence-electron chi connectivity index (χ4n) is 4.78. The van der Waals surface area contributed by atoms with Crippen molar-refractivity contribution in [2.24, 2.45) is 0 Å². The number of carbonyl (C=O) groups is 4. The number of likely N-dealkylation sites (tertiary alicyclic amines) is 1. The third-order valence-corrected chi connectivity index (χ3v) is 6.67. The lowest BCUT2D eigenvalue weighted by atomic mass is 9.83. The smallest absolute Gasteiger partial charge is 0.262 e. The molecule has 2 N–H and O–H groups in total. The molecule has 3 aliphatic heterocycles. The van der Waals surface area contributed by atoms with Crippen molar-refractivity contribution in [3.63, 3.8) is 0 Å². The summed E-state index contributed by atoms with van der Waals surface area (Å²) in [5, 5.41) is 21.5. The molecular formula is C23H23N5O5. The number of hydrogen-bond acceptors (Lipinski definition) is 8. The summed E-state index contributed by atoms with van der Waals surface area (Å²) >= 11 is 0. The van der Waals surface area contributed by atoms with Crippen molar-refractivity contribution in [3.8, 4) is 0 Å². The van der Waals surface area contributed by atoms with Gasteiger partial charge in [0.05, 0.1) is 22.4 Å². The predicted molar refractivity (Wildman–Crippen MR) is 114 cm³/mol. The first kappa shape index (κ1) is 21.4. The van der Waals surface area contributed by atoms with Gasteiger partial charge in [-0.1, -0.05) is 6.07 Å². The van der Waals surface area contributed by atoms with Crippen LogP contribution in [-0.2, 0) is 21.7 Å². The minimum Gasteiger partial charge on any atom is -0.385 e. The number of amides is 4. The molecule has 1 aromatic heterocycles. The van der Waals surface area contributed by atoms with Crippen LogP contribution in [0.25, 0.3) is 0 Å². The lowest BCUT2D eigenvalue weighted by Crippen LogP contribution is -2.54. The Morgan fingerprint density at radius 2 is 1.82 bits per heavy atom. The zero-order valence-corrected chi connectivity index (χ0v) is 17.9. The summed E-state index contributed by atoms with van der Waals surface area (Å²) in [6.45, 7) is 1.92. The van der Waals surface area contributed by atoms with Gasteiger partial charge in [0.25, 0.3) is 11.8 Å². The molecule has 0 bridgehead atoms. The number of aromatic nitrogens is 2. The van der Waals surface area contributed by atoms with Crippen LogP contribution >= 0.6 is 0 Å². The number of benzene rings is 1. The second kappa shape index (κ2) is 8.13. The number of aliphatic hydroxyl groups is 1. The monoisotopic (exact) mass is 449 g/mol. The normalized spacial score (nSPS) is 22.9. The number of piperidine rings is 2. The van der Waals surface area contributed by atoms with Crippen LogP contribution in [-0.4, -0.2) is 67.9 Å². The topological polar surface area (TPSA) is 133 Å². The Bertz CT molecular complexity index is 1140. The van der Waals surface area contributed by atoms with E-state index in [-0.39, 0.29) is 24.0 Å². The highest BCUT2D eigenvalue weighted by atomic mass is 16.3. The molecule has 0 radical (unpaired) electrons. The lowest BCUT2D eigenvalue weighted by molar-refractivity contribution is -0.136. The van der Waals surface area contributed by atoms with E-state index in [0.717, 1.165) is 10.6 Å². The van der Waals surface area contributed by atoms with Gasteiger partial charge in [-0.3, -0.25) is 34.3 Å². The Kier molecular flexibility index (Phi) is 5.26. The standard InChI is InChI=1S/C23H23N5O5/c29-19-6-5-18(20(30)25-19)28-21(31)16-4-3-14(12-17(16)22(28)32)23(33)7-10-27(11-8-23)13-15-2-1-9-24-26-15/h1-4,9,12,18,33H,5-8,10-11,13H2,(H,25,29,30). The molecule has 5 rings (SSSR count). The molecule has 2 aromatic rings. The summed E-state index contributed by atoms with van der Waals surface area (Å²) in [5.41, 5.74) is 0.693. The van der Waals surface area contributed by atoms with Gasteiger partial charge >= 0.3 is 0 Å². The Morgan fingerprint density at radius 1 is 1.06 bits per heavy atom. The summed E-state index contributed by atoms with van der Waals surface area (Å²) in [5.74, 6) is -2.19. The minimum absolute atomic E-state index is 0.0693. The van der Waals surface area contributed by atoms with Crippen LogP contribution in [0.2, 0.25) is 0 Å². The SMILES string of the molecule is O=C1CCC(N2C(=O)c3ccc(C4(O)CCN(Cc5cccnn5)CC4)cc3C2=O)C(=O)N1. The van der Waals surface area contributed by atoms with E-state index in [1.807, 2.05) is 12.1 Å².